The Morgan fingerprint density at radius 3 is 2.72 bits per heavy atom. The summed E-state index contributed by atoms with van der Waals surface area (Å²) >= 11 is 0. The molecule has 5 nitrogen and oxygen atoms in total. The van der Waals surface area contributed by atoms with Gasteiger partial charge in [0.2, 0.25) is 0 Å². The normalized spacial score (nSPS) is 20.6. The topological polar surface area (TPSA) is 31.3 Å². The standard InChI is InChI=1S/C20H24N4O/c1-22-10-12-23(13-11-22)17-6-7-20-21-19(8-9-24(20)15-17)16-4-3-5-18(14-16)25-2/h3-8,14-15H,9-13H2,1-2H3. The Morgan fingerprint density at radius 1 is 1.08 bits per heavy atom. The van der Waals surface area contributed by atoms with Gasteiger partial charge in [0.25, 0.3) is 0 Å². The van der Waals surface area contributed by atoms with Crippen molar-refractivity contribution < 1.29 is 4.74 Å². The predicted molar refractivity (Wildman–Crippen MR) is 101 cm³/mol. The first kappa shape index (κ1) is 16.0. The zero-order valence-electron chi connectivity index (χ0n) is 14.9. The van der Waals surface area contributed by atoms with E-state index >= 15 is 0 Å². The van der Waals surface area contributed by atoms with Crippen molar-refractivity contribution in [3.05, 3.63) is 60.0 Å². The highest BCUT2D eigenvalue weighted by atomic mass is 16.5. The molecular weight excluding hydrogens is 312 g/mol. The second kappa shape index (κ2) is 6.76. The molecule has 0 amide bonds. The van der Waals surface area contributed by atoms with Gasteiger partial charge in [-0.1, -0.05) is 12.1 Å². The van der Waals surface area contributed by atoms with Crippen LogP contribution in [0.25, 0.3) is 5.70 Å². The summed E-state index contributed by atoms with van der Waals surface area (Å²) in [6.45, 7) is 5.24. The molecule has 25 heavy (non-hydrogen) atoms. The van der Waals surface area contributed by atoms with Crippen LogP contribution in [0.15, 0.2) is 59.4 Å². The van der Waals surface area contributed by atoms with E-state index in [0.29, 0.717) is 0 Å². The molecule has 1 saturated heterocycles. The fourth-order valence-electron chi connectivity index (χ4n) is 3.34. The lowest BCUT2D eigenvalue weighted by molar-refractivity contribution is 0.188. The second-order valence-corrected chi connectivity index (χ2v) is 6.62. The van der Waals surface area contributed by atoms with Gasteiger partial charge >= 0.3 is 0 Å². The zero-order chi connectivity index (χ0) is 17.2. The lowest BCUT2D eigenvalue weighted by atomic mass is 10.1. The van der Waals surface area contributed by atoms with Gasteiger partial charge in [-0.15, -0.1) is 0 Å². The fraction of sp³-hybridized carbons (Fsp3) is 0.350. The Morgan fingerprint density at radius 2 is 1.92 bits per heavy atom. The van der Waals surface area contributed by atoms with Gasteiger partial charge in [0.1, 0.15) is 11.6 Å². The molecule has 3 aliphatic heterocycles. The number of hydrogen-bond donors (Lipinski definition) is 0. The van der Waals surface area contributed by atoms with Crippen LogP contribution >= 0.6 is 0 Å². The number of methoxy groups -OCH3 is 1. The lowest BCUT2D eigenvalue weighted by Crippen LogP contribution is -2.44. The van der Waals surface area contributed by atoms with Crippen LogP contribution in [-0.4, -0.2) is 67.4 Å². The van der Waals surface area contributed by atoms with Gasteiger partial charge in [-0.25, -0.2) is 4.99 Å². The molecule has 0 atom stereocenters. The molecule has 3 aliphatic rings. The number of piperazine rings is 1. The largest absolute Gasteiger partial charge is 0.497 e. The van der Waals surface area contributed by atoms with Gasteiger partial charge in [0, 0.05) is 44.5 Å². The van der Waals surface area contributed by atoms with Crippen molar-refractivity contribution in [1.29, 1.82) is 0 Å². The third-order valence-electron chi connectivity index (χ3n) is 4.94. The molecule has 1 fully saturated rings. The summed E-state index contributed by atoms with van der Waals surface area (Å²) in [5.74, 6) is 1.86. The van der Waals surface area contributed by atoms with E-state index in [1.54, 1.807) is 7.11 Å². The van der Waals surface area contributed by atoms with E-state index in [2.05, 4.69) is 52.2 Å². The Hall–Kier alpha value is -2.53. The second-order valence-electron chi connectivity index (χ2n) is 6.62. The van der Waals surface area contributed by atoms with Crippen LogP contribution in [0, 0.1) is 0 Å². The van der Waals surface area contributed by atoms with Crippen molar-refractivity contribution in [1.82, 2.24) is 14.7 Å². The third-order valence-corrected chi connectivity index (χ3v) is 4.94. The van der Waals surface area contributed by atoms with Crippen LogP contribution in [0.1, 0.15) is 5.56 Å². The third kappa shape index (κ3) is 3.33. The van der Waals surface area contributed by atoms with Gasteiger partial charge in [0.05, 0.1) is 18.5 Å². The highest BCUT2D eigenvalue weighted by Crippen LogP contribution is 2.26. The number of benzene rings is 1. The molecule has 0 saturated carbocycles. The van der Waals surface area contributed by atoms with Gasteiger partial charge in [-0.2, -0.15) is 0 Å². The number of allylic oxidation sites excluding steroid dienone is 1. The number of ether oxygens (including phenoxy) is 1. The quantitative estimate of drug-likeness (QED) is 0.848. The van der Waals surface area contributed by atoms with E-state index in [0.717, 1.165) is 55.6 Å². The summed E-state index contributed by atoms with van der Waals surface area (Å²) in [4.78, 5) is 11.9. The van der Waals surface area contributed by atoms with Gasteiger partial charge < -0.3 is 19.4 Å². The monoisotopic (exact) mass is 336 g/mol. The summed E-state index contributed by atoms with van der Waals surface area (Å²) in [5.41, 5.74) is 3.38. The summed E-state index contributed by atoms with van der Waals surface area (Å²) < 4.78 is 5.32. The first-order chi connectivity index (χ1) is 12.2. The van der Waals surface area contributed by atoms with Crippen molar-refractivity contribution in [2.24, 2.45) is 4.99 Å². The van der Waals surface area contributed by atoms with Crippen LogP contribution in [0.5, 0.6) is 5.75 Å². The fourth-order valence-corrected chi connectivity index (χ4v) is 3.34. The van der Waals surface area contributed by atoms with Crippen LogP contribution in [-0.2, 0) is 0 Å². The zero-order valence-corrected chi connectivity index (χ0v) is 14.9. The molecular formula is C20H24N4O. The van der Waals surface area contributed by atoms with Crippen LogP contribution in [0.2, 0.25) is 0 Å². The molecule has 1 aromatic carbocycles. The molecule has 0 N–H and O–H groups in total. The molecule has 5 heteroatoms. The Bertz CT molecular complexity index is 770. The van der Waals surface area contributed by atoms with Crippen LogP contribution in [0.4, 0.5) is 0 Å². The summed E-state index contributed by atoms with van der Waals surface area (Å²) in [6.07, 6.45) is 8.72. The van der Waals surface area contributed by atoms with E-state index in [9.17, 15) is 0 Å². The molecule has 3 heterocycles. The first-order valence-corrected chi connectivity index (χ1v) is 8.76. The number of fused-ring (bicyclic) bond motifs is 1. The minimum Gasteiger partial charge on any atom is -0.497 e. The van der Waals surface area contributed by atoms with Crippen molar-refractivity contribution in [2.75, 3.05) is 46.9 Å². The average Bonchev–Trinajstić information content (AvgIpc) is 2.68. The van der Waals surface area contributed by atoms with E-state index < -0.39 is 0 Å². The van der Waals surface area contributed by atoms with Gasteiger partial charge in [-0.05, 0) is 37.4 Å². The van der Waals surface area contributed by atoms with Crippen LogP contribution < -0.4 is 4.74 Å². The van der Waals surface area contributed by atoms with E-state index in [1.807, 2.05) is 18.2 Å². The molecule has 130 valence electrons. The van der Waals surface area contributed by atoms with Gasteiger partial charge in [-0.3, -0.25) is 0 Å². The summed E-state index contributed by atoms with van der Waals surface area (Å²) in [5, 5.41) is 0. The number of hydrogen-bond acceptors (Lipinski definition) is 5. The Labute approximate surface area is 149 Å². The maximum atomic E-state index is 5.32. The maximum Gasteiger partial charge on any atom is 0.133 e. The number of rotatable bonds is 3. The van der Waals surface area contributed by atoms with Crippen LogP contribution in [0.3, 0.4) is 0 Å². The SMILES string of the molecule is COc1cccc(C2=CCN3C=C(N4CCN(C)CC4)C=CC3=N2)c1. The highest BCUT2D eigenvalue weighted by molar-refractivity contribution is 6.00. The van der Waals surface area contributed by atoms with E-state index in [1.165, 1.54) is 5.70 Å². The molecule has 1 aromatic rings. The average molecular weight is 336 g/mol. The molecule has 0 radical (unpaired) electrons. The van der Waals surface area contributed by atoms with Gasteiger partial charge in [0.15, 0.2) is 0 Å². The van der Waals surface area contributed by atoms with Crippen molar-refractivity contribution in [3.8, 4) is 5.75 Å². The molecule has 0 unspecified atom stereocenters. The number of nitrogens with zero attached hydrogens (tertiary/aromatic N) is 4. The minimum atomic E-state index is 0.840. The molecule has 0 aromatic heterocycles. The molecule has 0 aliphatic carbocycles. The maximum absolute atomic E-state index is 5.32. The molecule has 4 rings (SSSR count). The Kier molecular flexibility index (Phi) is 4.32. The smallest absolute Gasteiger partial charge is 0.133 e. The highest BCUT2D eigenvalue weighted by Gasteiger charge is 2.21. The number of aliphatic imine (C=N–C) groups is 1. The van der Waals surface area contributed by atoms with E-state index in [4.69, 9.17) is 9.73 Å². The van der Waals surface area contributed by atoms with Crippen molar-refractivity contribution >= 4 is 11.5 Å². The Balaban J connectivity index is 1.51. The van der Waals surface area contributed by atoms with E-state index in [-0.39, 0.29) is 0 Å². The first-order valence-electron chi connectivity index (χ1n) is 8.76. The number of likely N-dealkylation sites (N-methyl/N-ethyl adjacent to an activating group) is 1. The summed E-state index contributed by atoms with van der Waals surface area (Å²) in [6, 6.07) is 8.07. The number of amidine groups is 1. The minimum absolute atomic E-state index is 0.840. The summed E-state index contributed by atoms with van der Waals surface area (Å²) in [7, 11) is 3.87. The molecule has 0 spiro atoms. The van der Waals surface area contributed by atoms with Crippen molar-refractivity contribution in [3.63, 3.8) is 0 Å². The lowest BCUT2D eigenvalue weighted by Gasteiger charge is -2.37. The van der Waals surface area contributed by atoms with Crippen molar-refractivity contribution in [2.45, 2.75) is 0 Å². The predicted octanol–water partition coefficient (Wildman–Crippen LogP) is 2.41. The molecule has 0 bridgehead atoms.